The predicted octanol–water partition coefficient (Wildman–Crippen LogP) is 2.62. The van der Waals surface area contributed by atoms with Crippen molar-refractivity contribution in [2.24, 2.45) is 17.6 Å². The number of nitrogens with one attached hydrogen (secondary N) is 2. The Hall–Kier alpha value is -2.65. The normalized spacial score (nSPS) is 18.6. The number of nitrogens with two attached hydrogens (primary N) is 1. The molecule has 4 N–H and O–H groups in total. The summed E-state index contributed by atoms with van der Waals surface area (Å²) in [6.45, 7) is 6.44. The maximum atomic E-state index is 13.1. The first-order valence-corrected chi connectivity index (χ1v) is 12.9. The van der Waals surface area contributed by atoms with Crippen molar-refractivity contribution in [3.8, 4) is 0 Å². The zero-order chi connectivity index (χ0) is 24.2. The fourth-order valence-electron chi connectivity index (χ4n) is 3.63. The number of amides is 1. The van der Waals surface area contributed by atoms with Gasteiger partial charge in [0.2, 0.25) is 10.0 Å². The lowest BCUT2D eigenvalue weighted by Crippen LogP contribution is -2.42. The summed E-state index contributed by atoms with van der Waals surface area (Å²) in [6, 6.07) is 12.7. The SMILES string of the molecule is CC1CC1CNc1cc(C(=O)N[C@H](CN)Cc2ccccc2)cc(N(C)S(=O)(=O)C(C)C)n1. The van der Waals surface area contributed by atoms with E-state index in [2.05, 4.69) is 22.5 Å². The van der Waals surface area contributed by atoms with Crippen molar-refractivity contribution >= 4 is 27.6 Å². The molecule has 1 saturated carbocycles. The van der Waals surface area contributed by atoms with Crippen molar-refractivity contribution in [1.82, 2.24) is 10.3 Å². The lowest BCUT2D eigenvalue weighted by Gasteiger charge is -2.23. The van der Waals surface area contributed by atoms with Gasteiger partial charge in [0, 0.05) is 31.7 Å². The Morgan fingerprint density at radius 1 is 1.24 bits per heavy atom. The van der Waals surface area contributed by atoms with Crippen LogP contribution in [-0.4, -0.2) is 50.7 Å². The van der Waals surface area contributed by atoms with E-state index in [0.717, 1.165) is 22.8 Å². The quantitative estimate of drug-likeness (QED) is 0.462. The highest BCUT2D eigenvalue weighted by Gasteiger charge is 2.32. The number of carbonyl (C=O) groups is 1. The summed E-state index contributed by atoms with van der Waals surface area (Å²) in [5.74, 6) is 1.60. The van der Waals surface area contributed by atoms with Crippen molar-refractivity contribution in [2.45, 2.75) is 44.9 Å². The van der Waals surface area contributed by atoms with Gasteiger partial charge in [-0.15, -0.1) is 0 Å². The third kappa shape index (κ3) is 6.45. The van der Waals surface area contributed by atoms with Gasteiger partial charge in [-0.1, -0.05) is 37.3 Å². The van der Waals surface area contributed by atoms with Gasteiger partial charge in [-0.05, 0) is 56.2 Å². The highest BCUT2D eigenvalue weighted by atomic mass is 32.2. The zero-order valence-electron chi connectivity index (χ0n) is 19.8. The lowest BCUT2D eigenvalue weighted by molar-refractivity contribution is 0.0938. The zero-order valence-corrected chi connectivity index (χ0v) is 20.6. The Morgan fingerprint density at radius 2 is 1.91 bits per heavy atom. The predicted molar refractivity (Wildman–Crippen MR) is 133 cm³/mol. The van der Waals surface area contributed by atoms with Gasteiger partial charge in [0.15, 0.2) is 0 Å². The van der Waals surface area contributed by atoms with E-state index in [1.54, 1.807) is 19.9 Å². The van der Waals surface area contributed by atoms with Gasteiger partial charge in [0.05, 0.1) is 5.25 Å². The fraction of sp³-hybridized carbons (Fsp3) is 0.500. The molecular weight excluding hydrogens is 438 g/mol. The topological polar surface area (TPSA) is 117 Å². The summed E-state index contributed by atoms with van der Waals surface area (Å²) in [5, 5.41) is 5.65. The van der Waals surface area contributed by atoms with E-state index in [4.69, 9.17) is 5.73 Å². The number of aromatic nitrogens is 1. The van der Waals surface area contributed by atoms with Gasteiger partial charge >= 0.3 is 0 Å². The van der Waals surface area contributed by atoms with Gasteiger partial charge in [-0.25, -0.2) is 13.4 Å². The van der Waals surface area contributed by atoms with E-state index >= 15 is 0 Å². The van der Waals surface area contributed by atoms with Crippen LogP contribution in [0.1, 0.15) is 43.1 Å². The molecule has 0 radical (unpaired) electrons. The summed E-state index contributed by atoms with van der Waals surface area (Å²) in [6.07, 6.45) is 1.76. The summed E-state index contributed by atoms with van der Waals surface area (Å²) in [5.41, 5.74) is 7.33. The van der Waals surface area contributed by atoms with Crippen LogP contribution in [0.5, 0.6) is 0 Å². The molecule has 2 aromatic rings. The molecule has 1 fully saturated rings. The van der Waals surface area contributed by atoms with Gasteiger partial charge < -0.3 is 16.4 Å². The molecule has 3 rings (SSSR count). The van der Waals surface area contributed by atoms with E-state index in [0.29, 0.717) is 29.6 Å². The molecule has 1 aliphatic carbocycles. The number of sulfonamides is 1. The van der Waals surface area contributed by atoms with E-state index in [-0.39, 0.29) is 24.3 Å². The monoisotopic (exact) mass is 473 g/mol. The molecule has 180 valence electrons. The van der Waals surface area contributed by atoms with Crippen LogP contribution in [0.3, 0.4) is 0 Å². The third-order valence-corrected chi connectivity index (χ3v) is 8.28. The van der Waals surface area contributed by atoms with Crippen LogP contribution in [-0.2, 0) is 16.4 Å². The van der Waals surface area contributed by atoms with Crippen molar-refractivity contribution in [2.75, 3.05) is 29.8 Å². The van der Waals surface area contributed by atoms with Crippen LogP contribution in [0.15, 0.2) is 42.5 Å². The van der Waals surface area contributed by atoms with Crippen LogP contribution >= 0.6 is 0 Å². The molecule has 33 heavy (non-hydrogen) atoms. The summed E-state index contributed by atoms with van der Waals surface area (Å²) in [7, 11) is -2.13. The first-order valence-electron chi connectivity index (χ1n) is 11.4. The Morgan fingerprint density at radius 3 is 2.48 bits per heavy atom. The number of rotatable bonds is 11. The van der Waals surface area contributed by atoms with E-state index in [9.17, 15) is 13.2 Å². The Balaban J connectivity index is 1.84. The van der Waals surface area contributed by atoms with Crippen molar-refractivity contribution in [3.05, 3.63) is 53.6 Å². The van der Waals surface area contributed by atoms with Crippen LogP contribution in [0.2, 0.25) is 0 Å². The molecule has 1 aliphatic rings. The Labute approximate surface area is 197 Å². The first kappa shape index (κ1) is 25.0. The minimum Gasteiger partial charge on any atom is -0.370 e. The van der Waals surface area contributed by atoms with E-state index in [1.807, 2.05) is 30.3 Å². The number of anilines is 2. The standard InChI is InChI=1S/C24H35N5O3S/c1-16(2)33(31,32)29(4)23-13-19(12-22(28-23)26-15-20-10-17(20)3)24(30)27-21(14-25)11-18-8-6-5-7-9-18/h5-9,12-13,16-17,20-21H,10-11,14-15,25H2,1-4H3,(H,26,28)(H,27,30)/t17?,20?,21-/m0/s1. The number of hydrogen-bond acceptors (Lipinski definition) is 6. The van der Waals surface area contributed by atoms with E-state index < -0.39 is 15.3 Å². The Kier molecular flexibility index (Phi) is 7.97. The second-order valence-corrected chi connectivity index (χ2v) is 11.6. The molecule has 8 nitrogen and oxygen atoms in total. The minimum absolute atomic E-state index is 0.204. The van der Waals surface area contributed by atoms with Crippen LogP contribution in [0.4, 0.5) is 11.6 Å². The number of benzene rings is 1. The summed E-state index contributed by atoms with van der Waals surface area (Å²) in [4.78, 5) is 17.6. The Bertz CT molecular complexity index is 1060. The van der Waals surface area contributed by atoms with Crippen molar-refractivity contribution in [3.63, 3.8) is 0 Å². The maximum absolute atomic E-state index is 13.1. The molecule has 9 heteroatoms. The molecule has 1 amide bonds. The van der Waals surface area contributed by atoms with Crippen LogP contribution in [0, 0.1) is 11.8 Å². The molecule has 2 unspecified atom stereocenters. The highest BCUT2D eigenvalue weighted by molar-refractivity contribution is 7.93. The van der Waals surface area contributed by atoms with Crippen LogP contribution in [0.25, 0.3) is 0 Å². The summed E-state index contributed by atoms with van der Waals surface area (Å²) < 4.78 is 26.6. The van der Waals surface area contributed by atoms with Gasteiger partial charge in [-0.2, -0.15) is 0 Å². The minimum atomic E-state index is -3.59. The number of pyridine rings is 1. The molecule has 1 heterocycles. The average molecular weight is 474 g/mol. The molecule has 3 atom stereocenters. The van der Waals surface area contributed by atoms with Crippen LogP contribution < -0.4 is 20.7 Å². The first-order chi connectivity index (χ1) is 15.6. The molecule has 0 aliphatic heterocycles. The van der Waals surface area contributed by atoms with Gasteiger partial charge in [0.1, 0.15) is 11.6 Å². The average Bonchev–Trinajstić information content (AvgIpc) is 3.51. The lowest BCUT2D eigenvalue weighted by atomic mass is 10.1. The summed E-state index contributed by atoms with van der Waals surface area (Å²) >= 11 is 0. The van der Waals surface area contributed by atoms with E-state index in [1.165, 1.54) is 13.1 Å². The molecule has 1 aromatic carbocycles. The number of hydrogen-bond donors (Lipinski definition) is 3. The molecule has 0 spiro atoms. The number of carbonyl (C=O) groups excluding carboxylic acids is 1. The second kappa shape index (κ2) is 10.5. The molecular formula is C24H35N5O3S. The smallest absolute Gasteiger partial charge is 0.251 e. The number of nitrogens with zero attached hydrogens (tertiary/aromatic N) is 2. The largest absolute Gasteiger partial charge is 0.370 e. The highest BCUT2D eigenvalue weighted by Crippen LogP contribution is 2.37. The molecule has 0 bridgehead atoms. The second-order valence-electron chi connectivity index (χ2n) is 9.11. The van der Waals surface area contributed by atoms with Crippen molar-refractivity contribution < 1.29 is 13.2 Å². The fourth-order valence-corrected chi connectivity index (χ4v) is 4.61. The van der Waals surface area contributed by atoms with Crippen molar-refractivity contribution in [1.29, 1.82) is 0 Å². The van der Waals surface area contributed by atoms with Gasteiger partial charge in [0.25, 0.3) is 5.91 Å². The molecule has 0 saturated heterocycles. The maximum Gasteiger partial charge on any atom is 0.251 e. The third-order valence-electron chi connectivity index (χ3n) is 6.14. The van der Waals surface area contributed by atoms with Gasteiger partial charge in [-0.3, -0.25) is 9.10 Å². The molecule has 1 aromatic heterocycles.